The van der Waals surface area contributed by atoms with Crippen molar-refractivity contribution in [3.05, 3.63) is 23.6 Å². The fourth-order valence-electron chi connectivity index (χ4n) is 0.804. The molecule has 0 aromatic heterocycles. The van der Waals surface area contributed by atoms with Crippen molar-refractivity contribution < 1.29 is 13.2 Å². The lowest BCUT2D eigenvalue weighted by atomic mass is 10.0. The van der Waals surface area contributed by atoms with Gasteiger partial charge in [0.25, 0.3) is 0 Å². The molecule has 0 amide bonds. The summed E-state index contributed by atoms with van der Waals surface area (Å²) in [5.74, 6) is -4.82. The van der Waals surface area contributed by atoms with Gasteiger partial charge in [0.15, 0.2) is 11.7 Å². The lowest BCUT2D eigenvalue weighted by Crippen LogP contribution is -2.01. The molecule has 0 heterocycles. The fraction of sp³-hybridized carbons (Fsp3) is 0.286. The van der Waals surface area contributed by atoms with E-state index in [2.05, 4.69) is 0 Å². The van der Waals surface area contributed by atoms with Gasteiger partial charge in [-0.05, 0) is 6.08 Å². The molecule has 0 aromatic carbocycles. The quantitative estimate of drug-likeness (QED) is 0.532. The van der Waals surface area contributed by atoms with E-state index in [0.29, 0.717) is 0 Å². The molecule has 0 aliphatic heterocycles. The molecule has 4 heteroatoms. The molecule has 11 heavy (non-hydrogen) atoms. The van der Waals surface area contributed by atoms with E-state index in [-0.39, 0.29) is 6.42 Å². The highest BCUT2D eigenvalue weighted by atomic mass is 19.2. The van der Waals surface area contributed by atoms with Crippen molar-refractivity contribution in [1.29, 1.82) is 5.26 Å². The predicted octanol–water partition coefficient (Wildman–Crippen LogP) is 2.53. The first-order valence-corrected chi connectivity index (χ1v) is 2.96. The second-order valence-corrected chi connectivity index (χ2v) is 2.17. The highest BCUT2D eigenvalue weighted by molar-refractivity contribution is 5.29. The van der Waals surface area contributed by atoms with E-state index in [1.165, 1.54) is 0 Å². The maximum Gasteiger partial charge on any atom is 0.189 e. The molecule has 0 bridgehead atoms. The Hall–Kier alpha value is -1.24. The van der Waals surface area contributed by atoms with Crippen LogP contribution in [0.1, 0.15) is 6.42 Å². The topological polar surface area (TPSA) is 23.8 Å². The minimum Gasteiger partial charge on any atom is -0.208 e. The Morgan fingerprint density at radius 2 is 2.09 bits per heavy atom. The molecule has 0 N–H and O–H groups in total. The van der Waals surface area contributed by atoms with Gasteiger partial charge in [-0.15, -0.1) is 0 Å². The Labute approximate surface area is 61.4 Å². The normalized spacial score (nSPS) is 24.5. The average Bonchev–Trinajstić information content (AvgIpc) is 1.99. The number of nitrogens with zero attached hydrogens (tertiary/aromatic N) is 1. The summed E-state index contributed by atoms with van der Waals surface area (Å²) >= 11 is 0. The van der Waals surface area contributed by atoms with Crippen molar-refractivity contribution in [3.8, 4) is 6.07 Å². The summed E-state index contributed by atoms with van der Waals surface area (Å²) in [4.78, 5) is 0. The molecule has 0 aromatic rings. The SMILES string of the molecule is N#CC1C=C(F)C(F)=C(F)C1. The number of nitriles is 1. The molecule has 0 radical (unpaired) electrons. The molecule has 1 rings (SSSR count). The first-order chi connectivity index (χ1) is 5.15. The molecule has 0 spiro atoms. The van der Waals surface area contributed by atoms with Crippen molar-refractivity contribution in [2.45, 2.75) is 6.42 Å². The summed E-state index contributed by atoms with van der Waals surface area (Å²) in [6.45, 7) is 0. The van der Waals surface area contributed by atoms with Gasteiger partial charge in [-0.3, -0.25) is 0 Å². The fourth-order valence-corrected chi connectivity index (χ4v) is 0.804. The van der Waals surface area contributed by atoms with Crippen molar-refractivity contribution in [2.75, 3.05) is 0 Å². The zero-order valence-electron chi connectivity index (χ0n) is 5.44. The molecule has 1 unspecified atom stereocenters. The molecule has 0 saturated carbocycles. The van der Waals surface area contributed by atoms with Gasteiger partial charge >= 0.3 is 0 Å². The Bertz CT molecular complexity index is 272. The van der Waals surface area contributed by atoms with E-state index >= 15 is 0 Å². The van der Waals surface area contributed by atoms with Crippen molar-refractivity contribution in [1.82, 2.24) is 0 Å². The number of hydrogen-bond acceptors (Lipinski definition) is 1. The van der Waals surface area contributed by atoms with Gasteiger partial charge in [0.2, 0.25) is 0 Å². The third kappa shape index (κ3) is 1.43. The molecular weight excluding hydrogens is 155 g/mol. The molecular formula is C7H4F3N. The highest BCUT2D eigenvalue weighted by Gasteiger charge is 2.22. The van der Waals surface area contributed by atoms with E-state index in [9.17, 15) is 13.2 Å². The number of rotatable bonds is 0. The van der Waals surface area contributed by atoms with Gasteiger partial charge < -0.3 is 0 Å². The Kier molecular flexibility index (Phi) is 1.99. The summed E-state index contributed by atoms with van der Waals surface area (Å²) in [6, 6.07) is 1.63. The Morgan fingerprint density at radius 1 is 1.45 bits per heavy atom. The number of halogens is 3. The first-order valence-electron chi connectivity index (χ1n) is 2.96. The van der Waals surface area contributed by atoms with Gasteiger partial charge in [-0.25, -0.2) is 13.2 Å². The Balaban J connectivity index is 2.93. The predicted molar refractivity (Wildman–Crippen MR) is 32.2 cm³/mol. The van der Waals surface area contributed by atoms with E-state index in [0.717, 1.165) is 6.08 Å². The second-order valence-electron chi connectivity index (χ2n) is 2.17. The largest absolute Gasteiger partial charge is 0.208 e. The maximum absolute atomic E-state index is 12.3. The van der Waals surface area contributed by atoms with Gasteiger partial charge in [0.05, 0.1) is 12.0 Å². The number of hydrogen-bond donors (Lipinski definition) is 0. The molecule has 0 saturated heterocycles. The highest BCUT2D eigenvalue weighted by Crippen LogP contribution is 2.30. The van der Waals surface area contributed by atoms with Gasteiger partial charge in [-0.1, -0.05) is 0 Å². The van der Waals surface area contributed by atoms with Crippen LogP contribution in [0.15, 0.2) is 23.6 Å². The summed E-state index contributed by atoms with van der Waals surface area (Å²) < 4.78 is 36.9. The van der Waals surface area contributed by atoms with Crippen LogP contribution >= 0.6 is 0 Å². The summed E-state index contributed by atoms with van der Waals surface area (Å²) in [7, 11) is 0. The zero-order chi connectivity index (χ0) is 8.43. The van der Waals surface area contributed by atoms with Crippen LogP contribution < -0.4 is 0 Å². The molecule has 1 nitrogen and oxygen atoms in total. The molecule has 1 atom stereocenters. The summed E-state index contributed by atoms with van der Waals surface area (Å²) in [5, 5.41) is 8.24. The minimum atomic E-state index is -1.48. The second kappa shape index (κ2) is 2.79. The number of allylic oxidation sites excluding steroid dienone is 4. The van der Waals surface area contributed by atoms with E-state index < -0.39 is 23.4 Å². The van der Waals surface area contributed by atoms with Crippen LogP contribution in [0.25, 0.3) is 0 Å². The van der Waals surface area contributed by atoms with E-state index in [1.807, 2.05) is 0 Å². The van der Waals surface area contributed by atoms with Crippen molar-refractivity contribution in [3.63, 3.8) is 0 Å². The molecule has 0 fully saturated rings. The molecule has 58 valence electrons. The standard InChI is InChI=1S/C7H4F3N/c8-5-1-4(3-11)2-6(9)7(5)10/h1,4H,2H2. The van der Waals surface area contributed by atoms with Crippen molar-refractivity contribution >= 4 is 0 Å². The average molecular weight is 159 g/mol. The van der Waals surface area contributed by atoms with Gasteiger partial charge in [0.1, 0.15) is 5.83 Å². The zero-order valence-corrected chi connectivity index (χ0v) is 5.44. The lowest BCUT2D eigenvalue weighted by Gasteiger charge is -2.08. The smallest absolute Gasteiger partial charge is 0.189 e. The summed E-state index contributed by atoms with van der Waals surface area (Å²) in [6.07, 6.45) is 0.411. The third-order valence-electron chi connectivity index (χ3n) is 1.36. The maximum atomic E-state index is 12.3. The van der Waals surface area contributed by atoms with E-state index in [1.54, 1.807) is 6.07 Å². The molecule has 1 aliphatic rings. The van der Waals surface area contributed by atoms with E-state index in [4.69, 9.17) is 5.26 Å². The summed E-state index contributed by atoms with van der Waals surface area (Å²) in [5.41, 5.74) is 0. The molecule has 1 aliphatic carbocycles. The minimum absolute atomic E-state index is 0.365. The van der Waals surface area contributed by atoms with Crippen molar-refractivity contribution in [2.24, 2.45) is 5.92 Å². The van der Waals surface area contributed by atoms with Crippen LogP contribution in [0.2, 0.25) is 0 Å². The Morgan fingerprint density at radius 3 is 2.55 bits per heavy atom. The van der Waals surface area contributed by atoms with Crippen LogP contribution in [0, 0.1) is 17.2 Å². The van der Waals surface area contributed by atoms with Crippen LogP contribution in [-0.4, -0.2) is 0 Å². The van der Waals surface area contributed by atoms with Crippen LogP contribution in [0.4, 0.5) is 13.2 Å². The monoisotopic (exact) mass is 159 g/mol. The van der Waals surface area contributed by atoms with Gasteiger partial charge in [-0.2, -0.15) is 5.26 Å². The van der Waals surface area contributed by atoms with Crippen LogP contribution in [-0.2, 0) is 0 Å². The van der Waals surface area contributed by atoms with Crippen LogP contribution in [0.5, 0.6) is 0 Å². The third-order valence-corrected chi connectivity index (χ3v) is 1.36. The van der Waals surface area contributed by atoms with Gasteiger partial charge in [0, 0.05) is 6.42 Å². The lowest BCUT2D eigenvalue weighted by molar-refractivity contribution is 0.445. The van der Waals surface area contributed by atoms with Crippen LogP contribution in [0.3, 0.4) is 0 Å². The first kappa shape index (κ1) is 7.86.